The van der Waals surface area contributed by atoms with E-state index in [0.29, 0.717) is 6.04 Å². The van der Waals surface area contributed by atoms with E-state index < -0.39 is 0 Å². The summed E-state index contributed by atoms with van der Waals surface area (Å²) in [5.74, 6) is 0. The first-order valence-corrected chi connectivity index (χ1v) is 8.95. The van der Waals surface area contributed by atoms with Gasteiger partial charge < -0.3 is 5.32 Å². The maximum absolute atomic E-state index is 3.75. The Kier molecular flexibility index (Phi) is 6.27. The molecule has 1 nitrogen and oxygen atoms in total. The normalized spacial score (nSPS) is 12.6. The lowest BCUT2D eigenvalue weighted by atomic mass is 9.98. The smallest absolute Gasteiger partial charge is 0.0334 e. The van der Waals surface area contributed by atoms with Crippen LogP contribution in [-0.4, -0.2) is 6.54 Å². The molecule has 1 aromatic heterocycles. The van der Waals surface area contributed by atoms with E-state index in [1.807, 2.05) is 0 Å². The maximum atomic E-state index is 3.75. The molecule has 108 valence electrons. The summed E-state index contributed by atoms with van der Waals surface area (Å²) in [6, 6.07) is 9.19. The fourth-order valence-electron chi connectivity index (χ4n) is 2.37. The van der Waals surface area contributed by atoms with Crippen LogP contribution in [0.5, 0.6) is 0 Å². The number of nitrogens with one attached hydrogen (secondary N) is 1. The second-order valence-corrected chi connectivity index (χ2v) is 6.73. The van der Waals surface area contributed by atoms with Crippen molar-refractivity contribution in [2.75, 3.05) is 6.54 Å². The van der Waals surface area contributed by atoms with Crippen LogP contribution in [-0.2, 0) is 6.42 Å². The van der Waals surface area contributed by atoms with Gasteiger partial charge in [-0.05, 0) is 66.2 Å². The van der Waals surface area contributed by atoms with E-state index in [0.717, 1.165) is 19.4 Å². The second kappa shape index (κ2) is 7.96. The average molecular weight is 352 g/mol. The largest absolute Gasteiger partial charge is 0.310 e. The molecule has 0 radical (unpaired) electrons. The lowest BCUT2D eigenvalue weighted by Crippen LogP contribution is -2.23. The molecule has 1 atom stereocenters. The van der Waals surface area contributed by atoms with Crippen molar-refractivity contribution in [1.82, 2.24) is 5.32 Å². The zero-order valence-electron chi connectivity index (χ0n) is 12.2. The Balaban J connectivity index is 2.11. The monoisotopic (exact) mass is 351 g/mol. The summed E-state index contributed by atoms with van der Waals surface area (Å²) in [7, 11) is 0. The summed E-state index contributed by atoms with van der Waals surface area (Å²) in [5.41, 5.74) is 4.14. The number of hydrogen-bond acceptors (Lipinski definition) is 2. The molecule has 0 spiro atoms. The first kappa shape index (κ1) is 15.7. The second-order valence-electron chi connectivity index (χ2n) is 5.16. The molecule has 1 N–H and O–H groups in total. The van der Waals surface area contributed by atoms with E-state index >= 15 is 0 Å². The standard InChI is InChI=1S/C17H22BrNS/c1-3-10-19-16(8-7-14-9-11-20-12-14)15-6-4-5-13(2)17(15)18/h4-6,9,11-12,16,19H,3,7-8,10H2,1-2H3. The van der Waals surface area contributed by atoms with Gasteiger partial charge in [0, 0.05) is 10.5 Å². The summed E-state index contributed by atoms with van der Waals surface area (Å²) in [6.45, 7) is 5.44. The van der Waals surface area contributed by atoms with Crippen molar-refractivity contribution in [3.8, 4) is 0 Å². The molecule has 0 saturated heterocycles. The summed E-state index contributed by atoms with van der Waals surface area (Å²) in [6.07, 6.45) is 3.43. The third-order valence-electron chi connectivity index (χ3n) is 3.54. The topological polar surface area (TPSA) is 12.0 Å². The van der Waals surface area contributed by atoms with Crippen LogP contribution in [0.15, 0.2) is 39.5 Å². The van der Waals surface area contributed by atoms with Crippen molar-refractivity contribution in [3.63, 3.8) is 0 Å². The third kappa shape index (κ3) is 4.18. The van der Waals surface area contributed by atoms with Crippen LogP contribution in [0.1, 0.15) is 42.5 Å². The first-order chi connectivity index (χ1) is 9.72. The molecule has 3 heteroatoms. The van der Waals surface area contributed by atoms with E-state index in [9.17, 15) is 0 Å². The fourth-order valence-corrected chi connectivity index (χ4v) is 3.62. The van der Waals surface area contributed by atoms with Crippen LogP contribution in [0.2, 0.25) is 0 Å². The molecule has 2 rings (SSSR count). The minimum atomic E-state index is 0.420. The highest BCUT2D eigenvalue weighted by molar-refractivity contribution is 9.10. The van der Waals surface area contributed by atoms with Crippen molar-refractivity contribution >= 4 is 27.3 Å². The zero-order valence-corrected chi connectivity index (χ0v) is 14.6. The van der Waals surface area contributed by atoms with Crippen molar-refractivity contribution in [2.24, 2.45) is 0 Å². The highest BCUT2D eigenvalue weighted by Gasteiger charge is 2.14. The maximum Gasteiger partial charge on any atom is 0.0334 e. The molecular weight excluding hydrogens is 330 g/mol. The molecule has 0 bridgehead atoms. The van der Waals surface area contributed by atoms with Crippen molar-refractivity contribution in [2.45, 2.75) is 39.2 Å². The van der Waals surface area contributed by atoms with Crippen LogP contribution in [0.25, 0.3) is 0 Å². The van der Waals surface area contributed by atoms with Gasteiger partial charge in [0.25, 0.3) is 0 Å². The van der Waals surface area contributed by atoms with E-state index in [2.05, 4.69) is 70.1 Å². The average Bonchev–Trinajstić information content (AvgIpc) is 2.96. The number of aryl methyl sites for hydroxylation is 2. The lowest BCUT2D eigenvalue weighted by molar-refractivity contribution is 0.498. The molecule has 1 aromatic carbocycles. The molecule has 1 heterocycles. The van der Waals surface area contributed by atoms with Crippen molar-refractivity contribution in [1.29, 1.82) is 0 Å². The summed E-state index contributed by atoms with van der Waals surface area (Å²) < 4.78 is 1.25. The molecular formula is C17H22BrNS. The number of benzene rings is 1. The molecule has 0 fully saturated rings. The number of rotatable bonds is 7. The SMILES string of the molecule is CCCNC(CCc1ccsc1)c1cccc(C)c1Br. The van der Waals surface area contributed by atoms with Gasteiger partial charge in [-0.2, -0.15) is 11.3 Å². The van der Waals surface area contributed by atoms with Crippen LogP contribution in [0, 0.1) is 6.92 Å². The van der Waals surface area contributed by atoms with Gasteiger partial charge in [0.2, 0.25) is 0 Å². The van der Waals surface area contributed by atoms with Gasteiger partial charge in [-0.3, -0.25) is 0 Å². The van der Waals surface area contributed by atoms with Crippen molar-refractivity contribution in [3.05, 3.63) is 56.2 Å². The van der Waals surface area contributed by atoms with Gasteiger partial charge in [-0.15, -0.1) is 0 Å². The van der Waals surface area contributed by atoms with E-state index in [1.165, 1.54) is 27.6 Å². The van der Waals surface area contributed by atoms with E-state index in [1.54, 1.807) is 11.3 Å². The minimum Gasteiger partial charge on any atom is -0.310 e. The van der Waals surface area contributed by atoms with Crippen molar-refractivity contribution < 1.29 is 0 Å². The van der Waals surface area contributed by atoms with E-state index in [-0.39, 0.29) is 0 Å². The Bertz CT molecular complexity index is 522. The molecule has 0 aliphatic rings. The Morgan fingerprint density at radius 1 is 1.30 bits per heavy atom. The molecule has 0 saturated carbocycles. The fraction of sp³-hybridized carbons (Fsp3) is 0.412. The summed E-state index contributed by atoms with van der Waals surface area (Å²) in [5, 5.41) is 8.10. The predicted octanol–water partition coefficient (Wildman–Crippen LogP) is 5.49. The molecule has 2 aromatic rings. The van der Waals surface area contributed by atoms with Gasteiger partial charge in [0.05, 0.1) is 0 Å². The number of thiophene rings is 1. The Labute approximate surface area is 134 Å². The highest BCUT2D eigenvalue weighted by atomic mass is 79.9. The molecule has 20 heavy (non-hydrogen) atoms. The Hall–Kier alpha value is -0.640. The molecule has 0 amide bonds. The van der Waals surface area contributed by atoms with Crippen LogP contribution < -0.4 is 5.32 Å². The number of hydrogen-bond donors (Lipinski definition) is 1. The molecule has 0 aliphatic carbocycles. The van der Waals surface area contributed by atoms with Crippen LogP contribution >= 0.6 is 27.3 Å². The number of halogens is 1. The third-order valence-corrected chi connectivity index (χ3v) is 5.35. The lowest BCUT2D eigenvalue weighted by Gasteiger charge is -2.21. The molecule has 1 unspecified atom stereocenters. The van der Waals surface area contributed by atoms with Gasteiger partial charge in [-0.1, -0.05) is 41.1 Å². The molecule has 0 aliphatic heterocycles. The van der Waals surface area contributed by atoms with Gasteiger partial charge in [-0.25, -0.2) is 0 Å². The van der Waals surface area contributed by atoms with Crippen LogP contribution in [0.4, 0.5) is 0 Å². The van der Waals surface area contributed by atoms with Gasteiger partial charge in [0.1, 0.15) is 0 Å². The highest BCUT2D eigenvalue weighted by Crippen LogP contribution is 2.29. The van der Waals surface area contributed by atoms with Gasteiger partial charge >= 0.3 is 0 Å². The van der Waals surface area contributed by atoms with Crippen LogP contribution in [0.3, 0.4) is 0 Å². The Morgan fingerprint density at radius 3 is 2.85 bits per heavy atom. The van der Waals surface area contributed by atoms with E-state index in [4.69, 9.17) is 0 Å². The minimum absolute atomic E-state index is 0.420. The predicted molar refractivity (Wildman–Crippen MR) is 92.6 cm³/mol. The first-order valence-electron chi connectivity index (χ1n) is 7.21. The van der Waals surface area contributed by atoms with Gasteiger partial charge in [0.15, 0.2) is 0 Å². The Morgan fingerprint density at radius 2 is 2.15 bits per heavy atom. The zero-order chi connectivity index (χ0) is 14.4. The quantitative estimate of drug-likeness (QED) is 0.694. The summed E-state index contributed by atoms with van der Waals surface area (Å²) >= 11 is 5.53. The summed E-state index contributed by atoms with van der Waals surface area (Å²) in [4.78, 5) is 0.